The van der Waals surface area contributed by atoms with E-state index in [0.717, 1.165) is 16.7 Å². The molecule has 0 spiro atoms. The Balaban J connectivity index is 2.57. The Morgan fingerprint density at radius 2 is 1.85 bits per heavy atom. The maximum atomic E-state index is 12.9. The van der Waals surface area contributed by atoms with Crippen molar-refractivity contribution in [3.63, 3.8) is 0 Å². The fraction of sp³-hybridized carbons (Fsp3) is 0.500. The van der Waals surface area contributed by atoms with Gasteiger partial charge in [-0.15, -0.1) is 13.2 Å². The number of aliphatic imine (C=N–C) groups is 1. The van der Waals surface area contributed by atoms with Gasteiger partial charge in [-0.1, -0.05) is 19.9 Å². The summed E-state index contributed by atoms with van der Waals surface area (Å²) < 4.78 is 49.8. The van der Waals surface area contributed by atoms with Crippen LogP contribution in [0.3, 0.4) is 0 Å². The lowest BCUT2D eigenvalue weighted by Gasteiger charge is -2.18. The van der Waals surface area contributed by atoms with Crippen LogP contribution in [0.5, 0.6) is 11.5 Å². The SMILES string of the molecule is CCC(C)C(=Nc1c(C)c(=O)n(CCCO)c(=O)n1CC)Oc1cccc(OC(F)(F)F)c1. The Morgan fingerprint density at radius 3 is 2.42 bits per heavy atom. The largest absolute Gasteiger partial charge is 0.573 e. The van der Waals surface area contributed by atoms with Gasteiger partial charge >= 0.3 is 12.1 Å². The third kappa shape index (κ3) is 6.70. The highest BCUT2D eigenvalue weighted by Crippen LogP contribution is 2.27. The molecule has 33 heavy (non-hydrogen) atoms. The number of hydrogen-bond donors (Lipinski definition) is 1. The van der Waals surface area contributed by atoms with Crippen LogP contribution in [-0.4, -0.2) is 33.1 Å². The van der Waals surface area contributed by atoms with Gasteiger partial charge in [-0.25, -0.2) is 4.79 Å². The number of rotatable bonds is 9. The molecule has 182 valence electrons. The fourth-order valence-corrected chi connectivity index (χ4v) is 3.05. The molecule has 0 saturated heterocycles. The summed E-state index contributed by atoms with van der Waals surface area (Å²) in [4.78, 5) is 30.1. The second kappa shape index (κ2) is 11.2. The molecule has 8 nitrogen and oxygen atoms in total. The van der Waals surface area contributed by atoms with Crippen LogP contribution in [0.25, 0.3) is 0 Å². The van der Waals surface area contributed by atoms with Crippen LogP contribution >= 0.6 is 0 Å². The van der Waals surface area contributed by atoms with E-state index in [1.165, 1.54) is 23.6 Å². The molecule has 2 rings (SSSR count). The molecule has 0 aliphatic carbocycles. The molecule has 1 unspecified atom stereocenters. The number of alkyl halides is 3. The molecule has 0 fully saturated rings. The van der Waals surface area contributed by atoms with E-state index in [-0.39, 0.29) is 55.1 Å². The Morgan fingerprint density at radius 1 is 1.18 bits per heavy atom. The minimum atomic E-state index is -4.85. The first-order chi connectivity index (χ1) is 15.5. The van der Waals surface area contributed by atoms with Crippen LogP contribution < -0.4 is 20.7 Å². The lowest BCUT2D eigenvalue weighted by molar-refractivity contribution is -0.274. The lowest BCUT2D eigenvalue weighted by atomic mass is 10.1. The Hall–Kier alpha value is -3.08. The maximum Gasteiger partial charge on any atom is 0.573 e. The topological polar surface area (TPSA) is 95.1 Å². The van der Waals surface area contributed by atoms with E-state index in [2.05, 4.69) is 9.73 Å². The maximum absolute atomic E-state index is 12.9. The number of benzene rings is 1. The third-order valence-electron chi connectivity index (χ3n) is 4.99. The molecule has 0 saturated carbocycles. The van der Waals surface area contributed by atoms with Gasteiger partial charge in [-0.3, -0.25) is 13.9 Å². The standard InChI is InChI=1S/C22H28F3N3O5/c1-5-14(3)19(32-16-9-7-10-17(13-16)33-22(23,24)25)26-18-15(4)20(30)28(11-8-12-29)21(31)27(18)6-2/h7,9-10,13-14,29H,5-6,8,11-12H2,1-4H3. The molecule has 0 aliphatic rings. The van der Waals surface area contributed by atoms with Crippen LogP contribution in [0.2, 0.25) is 0 Å². The first-order valence-electron chi connectivity index (χ1n) is 10.6. The van der Waals surface area contributed by atoms with Crippen molar-refractivity contribution < 1.29 is 27.8 Å². The fourth-order valence-electron chi connectivity index (χ4n) is 3.05. The number of aromatic nitrogens is 2. The van der Waals surface area contributed by atoms with Gasteiger partial charge in [-0.2, -0.15) is 4.99 Å². The van der Waals surface area contributed by atoms with E-state index in [0.29, 0.717) is 6.42 Å². The van der Waals surface area contributed by atoms with Crippen molar-refractivity contribution in [3.8, 4) is 11.5 Å². The van der Waals surface area contributed by atoms with E-state index >= 15 is 0 Å². The third-order valence-corrected chi connectivity index (χ3v) is 4.99. The van der Waals surface area contributed by atoms with Gasteiger partial charge < -0.3 is 14.6 Å². The van der Waals surface area contributed by atoms with Gasteiger partial charge in [0.15, 0.2) is 5.90 Å². The van der Waals surface area contributed by atoms with Crippen LogP contribution in [0.1, 0.15) is 39.2 Å². The molecule has 0 aliphatic heterocycles. The quantitative estimate of drug-likeness (QED) is 0.444. The first kappa shape index (κ1) is 26.2. The minimum absolute atomic E-state index is 0.0649. The zero-order chi connectivity index (χ0) is 24.8. The van der Waals surface area contributed by atoms with Crippen molar-refractivity contribution in [1.82, 2.24) is 9.13 Å². The number of ether oxygens (including phenoxy) is 2. The zero-order valence-corrected chi connectivity index (χ0v) is 19.0. The zero-order valence-electron chi connectivity index (χ0n) is 19.0. The highest BCUT2D eigenvalue weighted by molar-refractivity contribution is 5.83. The van der Waals surface area contributed by atoms with Crippen LogP contribution in [-0.2, 0) is 13.1 Å². The lowest BCUT2D eigenvalue weighted by Crippen LogP contribution is -2.41. The molecule has 1 aromatic heterocycles. The second-order valence-corrected chi connectivity index (χ2v) is 7.39. The molecule has 0 bridgehead atoms. The van der Waals surface area contributed by atoms with Gasteiger partial charge in [0.2, 0.25) is 0 Å². The molecule has 0 amide bonds. The number of halogens is 3. The van der Waals surface area contributed by atoms with E-state index < -0.39 is 23.4 Å². The summed E-state index contributed by atoms with van der Waals surface area (Å²) in [6, 6.07) is 5.03. The van der Waals surface area contributed by atoms with Crippen molar-refractivity contribution in [1.29, 1.82) is 0 Å². The number of aliphatic hydroxyl groups excluding tert-OH is 1. The molecule has 11 heteroatoms. The van der Waals surface area contributed by atoms with Crippen LogP contribution in [0, 0.1) is 12.8 Å². The first-order valence-corrected chi connectivity index (χ1v) is 10.6. The summed E-state index contributed by atoms with van der Waals surface area (Å²) in [5.41, 5.74) is -0.877. The summed E-state index contributed by atoms with van der Waals surface area (Å²) in [7, 11) is 0. The molecule has 1 aromatic carbocycles. The van der Waals surface area contributed by atoms with Crippen LogP contribution in [0.4, 0.5) is 19.0 Å². The molecular weight excluding hydrogens is 443 g/mol. The summed E-state index contributed by atoms with van der Waals surface area (Å²) in [5, 5.41) is 9.06. The normalized spacial score (nSPS) is 13.2. The average Bonchev–Trinajstić information content (AvgIpc) is 2.75. The Labute approximate surface area is 188 Å². The molecule has 1 atom stereocenters. The number of nitrogens with zero attached hydrogens (tertiary/aromatic N) is 3. The molecule has 1 heterocycles. The highest BCUT2D eigenvalue weighted by atomic mass is 19.4. The molecule has 2 aromatic rings. The van der Waals surface area contributed by atoms with Gasteiger partial charge in [0.05, 0.1) is 5.56 Å². The van der Waals surface area contributed by atoms with E-state index in [1.54, 1.807) is 13.8 Å². The van der Waals surface area contributed by atoms with Crippen molar-refractivity contribution >= 4 is 11.7 Å². The van der Waals surface area contributed by atoms with Crippen molar-refractivity contribution in [3.05, 3.63) is 50.7 Å². The van der Waals surface area contributed by atoms with Crippen LogP contribution in [0.15, 0.2) is 38.8 Å². The van der Waals surface area contributed by atoms with E-state index in [1.807, 2.05) is 6.92 Å². The summed E-state index contributed by atoms with van der Waals surface area (Å²) in [5.74, 6) is -0.398. The molecular formula is C22H28F3N3O5. The average molecular weight is 471 g/mol. The summed E-state index contributed by atoms with van der Waals surface area (Å²) in [6.45, 7) is 7.07. The van der Waals surface area contributed by atoms with Crippen molar-refractivity contribution in [2.45, 2.75) is 60.0 Å². The minimum Gasteiger partial charge on any atom is -0.442 e. The second-order valence-electron chi connectivity index (χ2n) is 7.39. The van der Waals surface area contributed by atoms with Crippen molar-refractivity contribution in [2.75, 3.05) is 6.61 Å². The van der Waals surface area contributed by atoms with E-state index in [9.17, 15) is 22.8 Å². The van der Waals surface area contributed by atoms with Gasteiger partial charge in [0.25, 0.3) is 5.56 Å². The Bertz CT molecular complexity index is 1110. The summed E-state index contributed by atoms with van der Waals surface area (Å²) in [6.07, 6.45) is -4.01. The molecule has 0 radical (unpaired) electrons. The monoisotopic (exact) mass is 471 g/mol. The predicted molar refractivity (Wildman–Crippen MR) is 117 cm³/mol. The van der Waals surface area contributed by atoms with Crippen molar-refractivity contribution in [2.24, 2.45) is 10.9 Å². The van der Waals surface area contributed by atoms with Gasteiger partial charge in [0.1, 0.15) is 17.3 Å². The van der Waals surface area contributed by atoms with E-state index in [4.69, 9.17) is 9.84 Å². The summed E-state index contributed by atoms with van der Waals surface area (Å²) >= 11 is 0. The van der Waals surface area contributed by atoms with Gasteiger partial charge in [-0.05, 0) is 38.8 Å². The highest BCUT2D eigenvalue weighted by Gasteiger charge is 2.31. The van der Waals surface area contributed by atoms with Gasteiger partial charge in [0, 0.05) is 31.7 Å². The molecule has 1 N–H and O–H groups in total. The predicted octanol–water partition coefficient (Wildman–Crippen LogP) is 3.77. The Kier molecular flexibility index (Phi) is 8.86. The number of hydrogen-bond acceptors (Lipinski definition) is 6. The number of aliphatic hydroxyl groups is 1. The smallest absolute Gasteiger partial charge is 0.442 e.